The van der Waals surface area contributed by atoms with Crippen molar-refractivity contribution < 1.29 is 14.5 Å². The minimum absolute atomic E-state index is 0.00604. The van der Waals surface area contributed by atoms with Gasteiger partial charge in [0.2, 0.25) is 0 Å². The van der Waals surface area contributed by atoms with Gasteiger partial charge in [-0.25, -0.2) is 0 Å². The van der Waals surface area contributed by atoms with E-state index in [1.54, 1.807) is 7.11 Å². The summed E-state index contributed by atoms with van der Waals surface area (Å²) in [5, 5.41) is 14.4. The van der Waals surface area contributed by atoms with Crippen LogP contribution in [-0.4, -0.2) is 42.5 Å². The molecule has 1 atom stereocenters. The Morgan fingerprint density at radius 2 is 1.90 bits per heavy atom. The van der Waals surface area contributed by atoms with Gasteiger partial charge >= 0.3 is 0 Å². The summed E-state index contributed by atoms with van der Waals surface area (Å²) in [4.78, 5) is 25.8. The average Bonchev–Trinajstić information content (AvgIpc) is 2.74. The third kappa shape index (κ3) is 5.25. The van der Waals surface area contributed by atoms with E-state index in [9.17, 15) is 14.9 Å². The van der Waals surface area contributed by atoms with Gasteiger partial charge in [-0.2, -0.15) is 0 Å². The lowest BCUT2D eigenvalue weighted by molar-refractivity contribution is -0.385. The molecule has 1 amide bonds. The average molecular weight is 418 g/mol. The van der Waals surface area contributed by atoms with Gasteiger partial charge in [-0.1, -0.05) is 30.2 Å². The first-order chi connectivity index (χ1) is 14.0. The van der Waals surface area contributed by atoms with Gasteiger partial charge in [0.1, 0.15) is 11.3 Å². The molecule has 0 aromatic heterocycles. The zero-order valence-corrected chi connectivity index (χ0v) is 17.0. The van der Waals surface area contributed by atoms with Crippen LogP contribution in [-0.2, 0) is 0 Å². The fourth-order valence-electron chi connectivity index (χ4n) is 3.65. The SMILES string of the molecule is COc1ccc(C(CNC(=O)c2ccc(Cl)cc2[N+](=O)[O-])N2CCCCC2)cc1. The predicted octanol–water partition coefficient (Wildman–Crippen LogP) is 4.21. The Hall–Kier alpha value is -2.64. The van der Waals surface area contributed by atoms with Crippen molar-refractivity contribution >= 4 is 23.2 Å². The van der Waals surface area contributed by atoms with Crippen LogP contribution in [0.15, 0.2) is 42.5 Å². The monoisotopic (exact) mass is 417 g/mol. The molecule has 8 heteroatoms. The lowest BCUT2D eigenvalue weighted by atomic mass is 10.0. The number of nitrogens with one attached hydrogen (secondary N) is 1. The van der Waals surface area contributed by atoms with Crippen LogP contribution in [0.2, 0.25) is 5.02 Å². The van der Waals surface area contributed by atoms with Crippen LogP contribution in [0, 0.1) is 10.1 Å². The van der Waals surface area contributed by atoms with E-state index in [0.717, 1.165) is 37.2 Å². The number of ether oxygens (including phenoxy) is 1. The molecule has 0 aliphatic carbocycles. The largest absolute Gasteiger partial charge is 0.497 e. The zero-order valence-electron chi connectivity index (χ0n) is 16.3. The lowest BCUT2D eigenvalue weighted by Crippen LogP contribution is -2.40. The molecule has 1 N–H and O–H groups in total. The number of carbonyl (C=O) groups excluding carboxylic acids is 1. The van der Waals surface area contributed by atoms with Crippen LogP contribution in [0.4, 0.5) is 5.69 Å². The van der Waals surface area contributed by atoms with Crippen molar-refractivity contribution in [1.29, 1.82) is 0 Å². The maximum absolute atomic E-state index is 12.7. The molecule has 1 aliphatic rings. The number of nitro groups is 1. The zero-order chi connectivity index (χ0) is 20.8. The van der Waals surface area contributed by atoms with Crippen molar-refractivity contribution in [2.75, 3.05) is 26.7 Å². The summed E-state index contributed by atoms with van der Waals surface area (Å²) < 4.78 is 5.24. The van der Waals surface area contributed by atoms with Crippen LogP contribution in [0.25, 0.3) is 0 Å². The third-order valence-electron chi connectivity index (χ3n) is 5.19. The smallest absolute Gasteiger partial charge is 0.283 e. The summed E-state index contributed by atoms with van der Waals surface area (Å²) in [6.07, 6.45) is 3.43. The van der Waals surface area contributed by atoms with Crippen molar-refractivity contribution in [3.05, 3.63) is 68.7 Å². The van der Waals surface area contributed by atoms with E-state index in [4.69, 9.17) is 16.3 Å². The molecule has 2 aromatic rings. The maximum Gasteiger partial charge on any atom is 0.283 e. The summed E-state index contributed by atoms with van der Waals surface area (Å²) in [6.45, 7) is 2.26. The molecule has 1 unspecified atom stereocenters. The van der Waals surface area contributed by atoms with Gasteiger partial charge in [0.25, 0.3) is 11.6 Å². The van der Waals surface area contributed by atoms with E-state index >= 15 is 0 Å². The first kappa shape index (κ1) is 21.1. The normalized spacial score (nSPS) is 15.5. The molecule has 1 aliphatic heterocycles. The molecule has 29 heavy (non-hydrogen) atoms. The Morgan fingerprint density at radius 1 is 1.21 bits per heavy atom. The second-order valence-corrected chi connectivity index (χ2v) is 7.45. The van der Waals surface area contributed by atoms with Gasteiger partial charge < -0.3 is 10.1 Å². The highest BCUT2D eigenvalue weighted by Gasteiger charge is 2.25. The van der Waals surface area contributed by atoms with Crippen molar-refractivity contribution in [1.82, 2.24) is 10.2 Å². The standard InChI is InChI=1S/C21H24ClN3O4/c1-29-17-8-5-15(6-9-17)20(24-11-3-2-4-12-24)14-23-21(26)18-10-7-16(22)13-19(18)25(27)28/h5-10,13,20H,2-4,11-12,14H2,1H3,(H,23,26). The number of likely N-dealkylation sites (tertiary alicyclic amines) is 1. The molecular weight excluding hydrogens is 394 g/mol. The number of carbonyl (C=O) groups is 1. The summed E-state index contributed by atoms with van der Waals surface area (Å²) in [5.74, 6) is 0.288. The minimum atomic E-state index is -0.591. The Balaban J connectivity index is 1.79. The Labute approximate surface area is 174 Å². The van der Waals surface area contributed by atoms with E-state index in [1.165, 1.54) is 24.6 Å². The molecule has 1 heterocycles. The topological polar surface area (TPSA) is 84.7 Å². The summed E-state index contributed by atoms with van der Waals surface area (Å²) in [6, 6.07) is 11.8. The van der Waals surface area contributed by atoms with Crippen LogP contribution in [0.5, 0.6) is 5.75 Å². The van der Waals surface area contributed by atoms with Crippen molar-refractivity contribution in [2.45, 2.75) is 25.3 Å². The molecular formula is C21H24ClN3O4. The van der Waals surface area contributed by atoms with Gasteiger partial charge in [0, 0.05) is 17.6 Å². The van der Waals surface area contributed by atoms with E-state index in [1.807, 2.05) is 24.3 Å². The number of nitrogens with zero attached hydrogens (tertiary/aromatic N) is 2. The number of nitro benzene ring substituents is 1. The highest BCUT2D eigenvalue weighted by Crippen LogP contribution is 2.27. The van der Waals surface area contributed by atoms with Gasteiger partial charge in [-0.15, -0.1) is 0 Å². The van der Waals surface area contributed by atoms with Gasteiger partial charge in [-0.05, 0) is 55.8 Å². The molecule has 1 saturated heterocycles. The number of hydrogen-bond donors (Lipinski definition) is 1. The second-order valence-electron chi connectivity index (χ2n) is 7.01. The Morgan fingerprint density at radius 3 is 2.52 bits per heavy atom. The highest BCUT2D eigenvalue weighted by atomic mass is 35.5. The van der Waals surface area contributed by atoms with E-state index < -0.39 is 10.8 Å². The van der Waals surface area contributed by atoms with Crippen LogP contribution >= 0.6 is 11.6 Å². The molecule has 3 rings (SSSR count). The van der Waals surface area contributed by atoms with Crippen LogP contribution in [0.1, 0.15) is 41.2 Å². The number of halogens is 1. The van der Waals surface area contributed by atoms with Gasteiger partial charge in [0.05, 0.1) is 18.1 Å². The number of methoxy groups -OCH3 is 1. The molecule has 0 spiro atoms. The molecule has 1 fully saturated rings. The number of rotatable bonds is 7. The van der Waals surface area contributed by atoms with Crippen molar-refractivity contribution in [3.63, 3.8) is 0 Å². The second kappa shape index (κ2) is 9.71. The van der Waals surface area contributed by atoms with Crippen molar-refractivity contribution in [2.24, 2.45) is 0 Å². The fourth-order valence-corrected chi connectivity index (χ4v) is 3.81. The quantitative estimate of drug-likeness (QED) is 0.538. The minimum Gasteiger partial charge on any atom is -0.497 e. The molecule has 0 saturated carbocycles. The Kier molecular flexibility index (Phi) is 7.06. The molecule has 7 nitrogen and oxygen atoms in total. The molecule has 0 bridgehead atoms. The van der Waals surface area contributed by atoms with E-state index in [2.05, 4.69) is 10.2 Å². The highest BCUT2D eigenvalue weighted by molar-refractivity contribution is 6.31. The molecule has 0 radical (unpaired) electrons. The number of hydrogen-bond acceptors (Lipinski definition) is 5. The molecule has 154 valence electrons. The van der Waals surface area contributed by atoms with Crippen molar-refractivity contribution in [3.8, 4) is 5.75 Å². The summed E-state index contributed by atoms with van der Waals surface area (Å²) in [5.41, 5.74) is 0.777. The van der Waals surface area contributed by atoms with Crippen LogP contribution in [0.3, 0.4) is 0 Å². The van der Waals surface area contributed by atoms with Gasteiger partial charge in [-0.3, -0.25) is 19.8 Å². The Bertz CT molecular complexity index is 867. The summed E-state index contributed by atoms with van der Waals surface area (Å²) >= 11 is 5.85. The number of benzene rings is 2. The summed E-state index contributed by atoms with van der Waals surface area (Å²) in [7, 11) is 1.62. The lowest BCUT2D eigenvalue weighted by Gasteiger charge is -2.35. The van der Waals surface area contributed by atoms with E-state index in [0.29, 0.717) is 6.54 Å². The first-order valence-corrected chi connectivity index (χ1v) is 9.97. The van der Waals surface area contributed by atoms with Gasteiger partial charge in [0.15, 0.2) is 0 Å². The predicted molar refractivity (Wildman–Crippen MR) is 112 cm³/mol. The molecule has 2 aromatic carbocycles. The van der Waals surface area contributed by atoms with E-state index in [-0.39, 0.29) is 22.3 Å². The number of amides is 1. The van der Waals surface area contributed by atoms with Crippen LogP contribution < -0.4 is 10.1 Å². The number of piperidine rings is 1. The fraction of sp³-hybridized carbons (Fsp3) is 0.381. The first-order valence-electron chi connectivity index (χ1n) is 9.59. The maximum atomic E-state index is 12.7. The third-order valence-corrected chi connectivity index (χ3v) is 5.42.